The van der Waals surface area contributed by atoms with E-state index in [9.17, 15) is 9.90 Å². The molecule has 2 aromatic carbocycles. The molecule has 0 aliphatic carbocycles. The Labute approximate surface area is 172 Å². The predicted molar refractivity (Wildman–Crippen MR) is 113 cm³/mol. The van der Waals surface area contributed by atoms with Crippen molar-refractivity contribution in [3.05, 3.63) is 83.7 Å². The second kappa shape index (κ2) is 10.0. The Balaban J connectivity index is 2.01. The van der Waals surface area contributed by atoms with Crippen LogP contribution in [0.1, 0.15) is 60.6 Å². The fraction of sp³-hybridized carbons (Fsp3) is 0.333. The highest BCUT2D eigenvalue weighted by atomic mass is 16.5. The van der Waals surface area contributed by atoms with Gasteiger partial charge in [0.25, 0.3) is 0 Å². The lowest BCUT2D eigenvalue weighted by Gasteiger charge is -2.19. The number of aliphatic hydroxyl groups is 1. The number of nitrogens with zero attached hydrogens (tertiary/aromatic N) is 2. The van der Waals surface area contributed by atoms with Gasteiger partial charge in [0, 0.05) is 5.92 Å². The molecule has 2 atom stereocenters. The Bertz CT molecular complexity index is 906. The number of hydrogen-bond donors (Lipinski definition) is 1. The van der Waals surface area contributed by atoms with Crippen molar-refractivity contribution in [2.24, 2.45) is 0 Å². The van der Waals surface area contributed by atoms with Crippen LogP contribution in [-0.2, 0) is 4.74 Å². The minimum Gasteiger partial charge on any atom is -0.459 e. The van der Waals surface area contributed by atoms with Crippen LogP contribution in [0.25, 0.3) is 5.69 Å². The lowest BCUT2D eigenvalue weighted by molar-refractivity contribution is 0.0235. The molecule has 0 spiro atoms. The topological polar surface area (TPSA) is 64.3 Å². The lowest BCUT2D eigenvalue weighted by Crippen LogP contribution is -2.20. The van der Waals surface area contributed by atoms with Gasteiger partial charge in [0.2, 0.25) is 0 Å². The second-order valence-corrected chi connectivity index (χ2v) is 7.10. The van der Waals surface area contributed by atoms with Gasteiger partial charge >= 0.3 is 5.97 Å². The molecular weight excluding hydrogens is 364 g/mol. The highest BCUT2D eigenvalue weighted by Crippen LogP contribution is 2.32. The van der Waals surface area contributed by atoms with Gasteiger partial charge in [0.1, 0.15) is 12.2 Å². The molecule has 0 radical (unpaired) electrons. The summed E-state index contributed by atoms with van der Waals surface area (Å²) in [4.78, 5) is 12.9. The Morgan fingerprint density at radius 3 is 2.34 bits per heavy atom. The van der Waals surface area contributed by atoms with E-state index in [1.807, 2.05) is 60.1 Å². The summed E-state index contributed by atoms with van der Waals surface area (Å²) in [5.74, 6) is -0.464. The molecule has 3 rings (SSSR count). The van der Waals surface area contributed by atoms with Crippen LogP contribution in [0.3, 0.4) is 0 Å². The van der Waals surface area contributed by atoms with Crippen molar-refractivity contribution in [2.75, 3.05) is 6.61 Å². The molecule has 0 saturated carbocycles. The van der Waals surface area contributed by atoms with Crippen molar-refractivity contribution in [1.29, 1.82) is 0 Å². The van der Waals surface area contributed by atoms with E-state index in [4.69, 9.17) is 4.74 Å². The molecule has 1 N–H and O–H groups in total. The fourth-order valence-corrected chi connectivity index (χ4v) is 3.56. The number of carbonyl (C=O) groups excluding carboxylic acids is 1. The van der Waals surface area contributed by atoms with Gasteiger partial charge in [-0.05, 0) is 30.5 Å². The first-order valence-corrected chi connectivity index (χ1v) is 10.2. The van der Waals surface area contributed by atoms with Crippen LogP contribution in [0.2, 0.25) is 0 Å². The number of aromatic nitrogens is 2. The predicted octanol–water partition coefficient (Wildman–Crippen LogP) is 4.73. The first kappa shape index (κ1) is 20.8. The summed E-state index contributed by atoms with van der Waals surface area (Å²) < 4.78 is 7.24. The highest BCUT2D eigenvalue weighted by Gasteiger charge is 2.27. The van der Waals surface area contributed by atoms with E-state index in [0.29, 0.717) is 12.0 Å². The third-order valence-corrected chi connectivity index (χ3v) is 5.00. The molecule has 0 aliphatic heterocycles. The van der Waals surface area contributed by atoms with Crippen LogP contribution in [0.5, 0.6) is 0 Å². The van der Waals surface area contributed by atoms with Crippen molar-refractivity contribution in [1.82, 2.24) is 9.78 Å². The van der Waals surface area contributed by atoms with Gasteiger partial charge in [-0.2, -0.15) is 5.10 Å². The summed E-state index contributed by atoms with van der Waals surface area (Å²) >= 11 is 0. The van der Waals surface area contributed by atoms with Crippen molar-refractivity contribution >= 4 is 5.97 Å². The molecule has 1 aromatic heterocycles. The average molecular weight is 392 g/mol. The summed E-state index contributed by atoms with van der Waals surface area (Å²) in [6.45, 7) is 4.07. The molecule has 0 fully saturated rings. The molecule has 2 unspecified atom stereocenters. The second-order valence-electron chi connectivity index (χ2n) is 7.10. The van der Waals surface area contributed by atoms with E-state index in [-0.39, 0.29) is 12.5 Å². The highest BCUT2D eigenvalue weighted by molar-refractivity contribution is 5.91. The van der Waals surface area contributed by atoms with Crippen molar-refractivity contribution in [3.8, 4) is 5.69 Å². The number of hydrogen-bond acceptors (Lipinski definition) is 4. The lowest BCUT2D eigenvalue weighted by atomic mass is 9.90. The zero-order chi connectivity index (χ0) is 20.6. The summed E-state index contributed by atoms with van der Waals surface area (Å²) in [6, 6.07) is 19.9. The monoisotopic (exact) mass is 392 g/mol. The van der Waals surface area contributed by atoms with E-state index in [2.05, 4.69) is 24.2 Å². The molecule has 1 heterocycles. The first-order chi connectivity index (χ1) is 14.2. The van der Waals surface area contributed by atoms with E-state index in [1.54, 1.807) is 6.20 Å². The number of benzene rings is 2. The quantitative estimate of drug-likeness (QED) is 0.535. The van der Waals surface area contributed by atoms with Gasteiger partial charge in [-0.15, -0.1) is 0 Å². The van der Waals surface area contributed by atoms with Crippen molar-refractivity contribution < 1.29 is 14.6 Å². The molecular formula is C24H28N2O3. The molecule has 5 nitrogen and oxygen atoms in total. The Kier molecular flexibility index (Phi) is 7.19. The number of para-hydroxylation sites is 1. The smallest absolute Gasteiger partial charge is 0.341 e. The van der Waals surface area contributed by atoms with E-state index in [0.717, 1.165) is 29.8 Å². The third kappa shape index (κ3) is 4.93. The number of aliphatic hydroxyl groups excluding tert-OH is 1. The zero-order valence-electron chi connectivity index (χ0n) is 17.0. The van der Waals surface area contributed by atoms with Gasteiger partial charge in [0.05, 0.1) is 23.7 Å². The molecule has 5 heteroatoms. The van der Waals surface area contributed by atoms with Crippen LogP contribution < -0.4 is 0 Å². The van der Waals surface area contributed by atoms with Crippen LogP contribution in [0, 0.1) is 0 Å². The summed E-state index contributed by atoms with van der Waals surface area (Å²) in [5.41, 5.74) is 3.25. The fourth-order valence-electron chi connectivity index (χ4n) is 3.56. The van der Waals surface area contributed by atoms with Gasteiger partial charge in [-0.1, -0.05) is 68.8 Å². The standard InChI is InChI=1S/C24H28N2O3/c1-3-11-20(27)17-29-24(28)22-16-25-26(19-14-9-6-10-15-19)23(22)21(4-2)18-12-7-5-8-13-18/h5-10,12-16,20-21,27H,3-4,11,17H2,1-2H3. The van der Waals surface area contributed by atoms with Crippen molar-refractivity contribution in [3.63, 3.8) is 0 Å². The molecule has 0 aliphatic rings. The van der Waals surface area contributed by atoms with E-state index in [1.165, 1.54) is 0 Å². The van der Waals surface area contributed by atoms with Crippen LogP contribution >= 0.6 is 0 Å². The van der Waals surface area contributed by atoms with Gasteiger partial charge in [-0.25, -0.2) is 9.48 Å². The Hall–Kier alpha value is -2.92. The van der Waals surface area contributed by atoms with Gasteiger partial charge in [-0.3, -0.25) is 0 Å². The van der Waals surface area contributed by atoms with Crippen molar-refractivity contribution in [2.45, 2.75) is 45.1 Å². The number of esters is 1. The molecule has 0 bridgehead atoms. The SMILES string of the molecule is CCCC(O)COC(=O)c1cnn(-c2ccccc2)c1C(CC)c1ccccc1. The average Bonchev–Trinajstić information content (AvgIpc) is 3.19. The number of carbonyl (C=O) groups is 1. The summed E-state index contributed by atoms with van der Waals surface area (Å²) in [7, 11) is 0. The molecule has 3 aromatic rings. The number of rotatable bonds is 9. The van der Waals surface area contributed by atoms with Gasteiger partial charge < -0.3 is 9.84 Å². The normalized spacial score (nSPS) is 13.1. The minimum atomic E-state index is -0.646. The van der Waals surface area contributed by atoms with Crippen LogP contribution in [0.15, 0.2) is 66.9 Å². The van der Waals surface area contributed by atoms with Crippen LogP contribution in [0.4, 0.5) is 0 Å². The first-order valence-electron chi connectivity index (χ1n) is 10.2. The third-order valence-electron chi connectivity index (χ3n) is 5.00. The maximum atomic E-state index is 12.9. The summed E-state index contributed by atoms with van der Waals surface area (Å²) in [6.07, 6.45) is 3.17. The zero-order valence-corrected chi connectivity index (χ0v) is 17.0. The minimum absolute atomic E-state index is 0.00917. The maximum Gasteiger partial charge on any atom is 0.341 e. The largest absolute Gasteiger partial charge is 0.459 e. The molecule has 0 saturated heterocycles. The van der Waals surface area contributed by atoms with Gasteiger partial charge in [0.15, 0.2) is 0 Å². The Morgan fingerprint density at radius 1 is 1.07 bits per heavy atom. The maximum absolute atomic E-state index is 12.9. The Morgan fingerprint density at radius 2 is 1.72 bits per heavy atom. The molecule has 0 amide bonds. The van der Waals surface area contributed by atoms with E-state index >= 15 is 0 Å². The number of ether oxygens (including phenoxy) is 1. The molecule has 152 valence electrons. The van der Waals surface area contributed by atoms with Crippen LogP contribution in [-0.4, -0.2) is 33.6 Å². The molecule has 29 heavy (non-hydrogen) atoms. The van der Waals surface area contributed by atoms with E-state index < -0.39 is 12.1 Å². The summed E-state index contributed by atoms with van der Waals surface area (Å²) in [5, 5.41) is 14.5.